The van der Waals surface area contributed by atoms with Gasteiger partial charge in [-0.2, -0.15) is 0 Å². The second kappa shape index (κ2) is 9.41. The van der Waals surface area contributed by atoms with Gasteiger partial charge < -0.3 is 15.2 Å². The topological polar surface area (TPSA) is 79.3 Å². The van der Waals surface area contributed by atoms with Crippen LogP contribution in [0, 0.1) is 11.6 Å². The van der Waals surface area contributed by atoms with Gasteiger partial charge in [0.25, 0.3) is 0 Å². The Kier molecular flexibility index (Phi) is 6.70. The monoisotopic (exact) mass is 391 g/mol. The Bertz CT molecular complexity index is 813. The average Bonchev–Trinajstić information content (AvgIpc) is 3.18. The minimum atomic E-state index is -0.925. The molecule has 0 saturated carbocycles. The molecule has 1 aromatic heterocycles. The predicted molar refractivity (Wildman–Crippen MR) is 98.0 cm³/mol. The fourth-order valence-corrected chi connectivity index (χ4v) is 3.20. The number of benzene rings is 1. The Balaban J connectivity index is 1.52. The highest BCUT2D eigenvalue weighted by Crippen LogP contribution is 2.16. The van der Waals surface area contributed by atoms with Crippen LogP contribution in [-0.4, -0.2) is 51.9 Å². The molecule has 0 unspecified atom stereocenters. The molecule has 0 spiro atoms. The Morgan fingerprint density at radius 3 is 2.93 bits per heavy atom. The van der Waals surface area contributed by atoms with Crippen LogP contribution in [0.3, 0.4) is 0 Å². The normalized spacial score (nSPS) is 17.4. The molecule has 2 aromatic rings. The van der Waals surface area contributed by atoms with E-state index in [4.69, 9.17) is 0 Å². The van der Waals surface area contributed by atoms with Crippen molar-refractivity contribution in [2.75, 3.05) is 19.6 Å². The maximum atomic E-state index is 13.4. The van der Waals surface area contributed by atoms with Gasteiger partial charge in [0.05, 0.1) is 18.8 Å². The first-order valence-electron chi connectivity index (χ1n) is 9.21. The van der Waals surface area contributed by atoms with Gasteiger partial charge in [-0.05, 0) is 24.1 Å². The Morgan fingerprint density at radius 1 is 1.32 bits per heavy atom. The number of piperazine rings is 1. The van der Waals surface area contributed by atoms with Crippen molar-refractivity contribution in [3.05, 3.63) is 54.1 Å². The van der Waals surface area contributed by atoms with Gasteiger partial charge in [-0.25, -0.2) is 13.8 Å². The molecular weight excluding hydrogens is 368 g/mol. The van der Waals surface area contributed by atoms with Crippen LogP contribution in [-0.2, 0) is 22.7 Å². The molecule has 1 fully saturated rings. The highest BCUT2D eigenvalue weighted by molar-refractivity contribution is 5.88. The Morgan fingerprint density at radius 2 is 2.18 bits per heavy atom. The molecule has 2 heterocycles. The first kappa shape index (κ1) is 19.9. The second-order valence-corrected chi connectivity index (χ2v) is 6.73. The van der Waals surface area contributed by atoms with Gasteiger partial charge in [-0.15, -0.1) is 0 Å². The highest BCUT2D eigenvalue weighted by Gasteiger charge is 2.31. The minimum absolute atomic E-state index is 0.0145. The summed E-state index contributed by atoms with van der Waals surface area (Å²) < 4.78 is 28.5. The van der Waals surface area contributed by atoms with Crippen LogP contribution in [0.1, 0.15) is 18.4 Å². The third-order valence-corrected chi connectivity index (χ3v) is 4.66. The summed E-state index contributed by atoms with van der Waals surface area (Å²) in [7, 11) is 0. The number of halogens is 2. The molecule has 7 nitrogen and oxygen atoms in total. The van der Waals surface area contributed by atoms with Gasteiger partial charge in [0.1, 0.15) is 0 Å². The molecule has 9 heteroatoms. The second-order valence-electron chi connectivity index (χ2n) is 6.73. The lowest BCUT2D eigenvalue weighted by Crippen LogP contribution is -2.56. The van der Waals surface area contributed by atoms with Gasteiger partial charge >= 0.3 is 0 Å². The lowest BCUT2D eigenvalue weighted by Gasteiger charge is -2.34. The fourth-order valence-electron chi connectivity index (χ4n) is 3.20. The standard InChI is InChI=1S/C19H23F2N5O2/c20-15-3-2-14(10-16(15)21)12-26-9-6-24-19(28)17(26)11-18(27)23-4-1-7-25-8-5-22-13-25/h2-3,5,8,10,13,17H,1,4,6-7,9,11-12H2,(H,23,27)(H,24,28)/t17-/m0/s1. The summed E-state index contributed by atoms with van der Waals surface area (Å²) in [6, 6.07) is 3.03. The van der Waals surface area contributed by atoms with Crippen molar-refractivity contribution in [2.45, 2.75) is 32.0 Å². The minimum Gasteiger partial charge on any atom is -0.356 e. The van der Waals surface area contributed by atoms with Crippen molar-refractivity contribution in [3.8, 4) is 0 Å². The van der Waals surface area contributed by atoms with Crippen molar-refractivity contribution in [1.29, 1.82) is 0 Å². The molecule has 1 aromatic carbocycles. The molecule has 28 heavy (non-hydrogen) atoms. The van der Waals surface area contributed by atoms with Crippen molar-refractivity contribution in [2.24, 2.45) is 0 Å². The van der Waals surface area contributed by atoms with Crippen molar-refractivity contribution in [1.82, 2.24) is 25.1 Å². The van der Waals surface area contributed by atoms with Gasteiger partial charge in [-0.3, -0.25) is 14.5 Å². The number of hydrogen-bond acceptors (Lipinski definition) is 4. The average molecular weight is 391 g/mol. The smallest absolute Gasteiger partial charge is 0.237 e. The van der Waals surface area contributed by atoms with Crippen LogP contribution >= 0.6 is 0 Å². The molecule has 2 amide bonds. The number of aromatic nitrogens is 2. The van der Waals surface area contributed by atoms with E-state index in [1.54, 1.807) is 12.5 Å². The van der Waals surface area contributed by atoms with Crippen LogP contribution in [0.15, 0.2) is 36.9 Å². The zero-order valence-corrected chi connectivity index (χ0v) is 15.4. The molecule has 0 aliphatic carbocycles. The van der Waals surface area contributed by atoms with E-state index < -0.39 is 17.7 Å². The van der Waals surface area contributed by atoms with E-state index in [1.807, 2.05) is 15.7 Å². The third-order valence-electron chi connectivity index (χ3n) is 4.66. The quantitative estimate of drug-likeness (QED) is 0.660. The van der Waals surface area contributed by atoms with Gasteiger partial charge in [0.2, 0.25) is 11.8 Å². The third kappa shape index (κ3) is 5.35. The molecule has 2 N–H and O–H groups in total. The van der Waals surface area contributed by atoms with Crippen molar-refractivity contribution >= 4 is 11.8 Å². The summed E-state index contributed by atoms with van der Waals surface area (Å²) in [5.74, 6) is -2.29. The van der Waals surface area contributed by atoms with Gasteiger partial charge in [0, 0.05) is 45.1 Å². The van der Waals surface area contributed by atoms with Gasteiger partial charge in [0.15, 0.2) is 11.6 Å². The Hall–Kier alpha value is -2.81. The first-order chi connectivity index (χ1) is 13.5. The maximum Gasteiger partial charge on any atom is 0.237 e. The summed E-state index contributed by atoms with van der Waals surface area (Å²) in [5.41, 5.74) is 0.555. The van der Waals surface area contributed by atoms with E-state index in [2.05, 4.69) is 15.6 Å². The number of amides is 2. The number of aryl methyl sites for hydroxylation is 1. The summed E-state index contributed by atoms with van der Waals surface area (Å²) in [6.07, 6.45) is 6.02. The van der Waals surface area contributed by atoms with E-state index in [9.17, 15) is 18.4 Å². The van der Waals surface area contributed by atoms with E-state index in [0.717, 1.165) is 25.1 Å². The van der Waals surface area contributed by atoms with E-state index in [-0.39, 0.29) is 24.8 Å². The highest BCUT2D eigenvalue weighted by atomic mass is 19.2. The molecule has 1 aliphatic rings. The molecule has 0 radical (unpaired) electrons. The molecule has 1 saturated heterocycles. The zero-order valence-electron chi connectivity index (χ0n) is 15.4. The van der Waals surface area contributed by atoms with Gasteiger partial charge in [-0.1, -0.05) is 6.07 Å². The largest absolute Gasteiger partial charge is 0.356 e. The van der Waals surface area contributed by atoms with Crippen LogP contribution < -0.4 is 10.6 Å². The summed E-state index contributed by atoms with van der Waals surface area (Å²) >= 11 is 0. The lowest BCUT2D eigenvalue weighted by atomic mass is 10.1. The predicted octanol–water partition coefficient (Wildman–Crippen LogP) is 1.06. The number of carbonyl (C=O) groups excluding carboxylic acids is 2. The summed E-state index contributed by atoms with van der Waals surface area (Å²) in [6.45, 7) is 2.49. The SMILES string of the molecule is O=C(C[C@H]1C(=O)NCCN1Cc1ccc(F)c(F)c1)NCCCn1ccnc1. The van der Waals surface area contributed by atoms with E-state index in [0.29, 0.717) is 25.2 Å². The molecular formula is C19H23F2N5O2. The first-order valence-corrected chi connectivity index (χ1v) is 9.21. The zero-order chi connectivity index (χ0) is 19.9. The molecule has 150 valence electrons. The number of nitrogens with zero attached hydrogens (tertiary/aromatic N) is 3. The van der Waals surface area contributed by atoms with Crippen LogP contribution in [0.5, 0.6) is 0 Å². The van der Waals surface area contributed by atoms with E-state index in [1.165, 1.54) is 6.07 Å². The molecule has 1 atom stereocenters. The number of imidazole rings is 1. The van der Waals surface area contributed by atoms with Crippen LogP contribution in [0.2, 0.25) is 0 Å². The maximum absolute atomic E-state index is 13.4. The number of nitrogens with one attached hydrogen (secondary N) is 2. The summed E-state index contributed by atoms with van der Waals surface area (Å²) in [4.78, 5) is 30.3. The van der Waals surface area contributed by atoms with Crippen LogP contribution in [0.25, 0.3) is 0 Å². The summed E-state index contributed by atoms with van der Waals surface area (Å²) in [5, 5.41) is 5.58. The molecule has 0 bridgehead atoms. The van der Waals surface area contributed by atoms with Crippen molar-refractivity contribution < 1.29 is 18.4 Å². The number of rotatable bonds is 8. The number of carbonyl (C=O) groups is 2. The van der Waals surface area contributed by atoms with Crippen molar-refractivity contribution in [3.63, 3.8) is 0 Å². The van der Waals surface area contributed by atoms with Crippen LogP contribution in [0.4, 0.5) is 8.78 Å². The molecule has 3 rings (SSSR count). The lowest BCUT2D eigenvalue weighted by molar-refractivity contribution is -0.134. The Labute approximate surface area is 161 Å². The number of hydrogen-bond donors (Lipinski definition) is 2. The molecule has 1 aliphatic heterocycles. The van der Waals surface area contributed by atoms with E-state index >= 15 is 0 Å². The fraction of sp³-hybridized carbons (Fsp3) is 0.421.